The second-order valence-corrected chi connectivity index (χ2v) is 6.15. The van der Waals surface area contributed by atoms with Crippen molar-refractivity contribution in [3.05, 3.63) is 22.5 Å². The molecule has 2 unspecified atom stereocenters. The quantitative estimate of drug-likeness (QED) is 0.868. The molecule has 0 aromatic carbocycles. The monoisotopic (exact) mass is 310 g/mol. The molecule has 1 aliphatic heterocycles. The zero-order valence-electron chi connectivity index (χ0n) is 12.8. The van der Waals surface area contributed by atoms with Gasteiger partial charge in [0.1, 0.15) is 5.15 Å². The fraction of sp³-hybridized carbons (Fsp3) is 0.600. The highest BCUT2D eigenvalue weighted by atomic mass is 35.5. The molecule has 1 aromatic heterocycles. The molecule has 1 fully saturated rings. The van der Waals surface area contributed by atoms with Gasteiger partial charge in [0.25, 0.3) is 0 Å². The lowest BCUT2D eigenvalue weighted by molar-refractivity contribution is -0.127. The van der Waals surface area contributed by atoms with Gasteiger partial charge < -0.3 is 10.6 Å². The van der Waals surface area contributed by atoms with Crippen molar-refractivity contribution in [1.82, 2.24) is 14.7 Å². The first kappa shape index (κ1) is 16.0. The normalized spacial score (nSPS) is 21.0. The predicted octanol–water partition coefficient (Wildman–Crippen LogP) is 1.98. The van der Waals surface area contributed by atoms with E-state index in [9.17, 15) is 4.79 Å². The van der Waals surface area contributed by atoms with Crippen molar-refractivity contribution in [1.29, 1.82) is 0 Å². The Kier molecular flexibility index (Phi) is 5.06. The molecular weight excluding hydrogens is 288 g/mol. The summed E-state index contributed by atoms with van der Waals surface area (Å²) in [5.74, 6) is 0.402. The Balaban J connectivity index is 2.05. The number of aryl methyl sites for hydroxylation is 2. The standard InChI is InChI=1S/C15H23ClN4O/c1-10(17)12-5-4-8-20(9-12)14(21)7-6-13-11(2)18-19(3)15(13)16/h6-7,10,12H,4-5,8-9,17H2,1-3H3. The predicted molar refractivity (Wildman–Crippen MR) is 84.9 cm³/mol. The van der Waals surface area contributed by atoms with E-state index < -0.39 is 0 Å². The number of nitrogens with zero attached hydrogens (tertiary/aromatic N) is 3. The number of piperidine rings is 1. The zero-order chi connectivity index (χ0) is 15.6. The number of nitrogens with two attached hydrogens (primary N) is 1. The molecule has 6 heteroatoms. The van der Waals surface area contributed by atoms with Crippen LogP contribution in [-0.2, 0) is 11.8 Å². The first-order chi connectivity index (χ1) is 9.90. The first-order valence-electron chi connectivity index (χ1n) is 7.31. The van der Waals surface area contributed by atoms with Gasteiger partial charge in [0.05, 0.1) is 5.69 Å². The summed E-state index contributed by atoms with van der Waals surface area (Å²) in [5.41, 5.74) is 7.57. The molecule has 2 rings (SSSR count). The van der Waals surface area contributed by atoms with E-state index in [1.54, 1.807) is 23.9 Å². The van der Waals surface area contributed by atoms with Gasteiger partial charge in [-0.2, -0.15) is 5.10 Å². The summed E-state index contributed by atoms with van der Waals surface area (Å²) < 4.78 is 1.61. The van der Waals surface area contributed by atoms with Gasteiger partial charge in [-0.25, -0.2) is 0 Å². The molecule has 2 N–H and O–H groups in total. The molecule has 1 aliphatic rings. The molecule has 1 saturated heterocycles. The van der Waals surface area contributed by atoms with Crippen molar-refractivity contribution < 1.29 is 4.79 Å². The Hall–Kier alpha value is -1.33. The van der Waals surface area contributed by atoms with Crippen molar-refractivity contribution in [2.45, 2.75) is 32.7 Å². The maximum Gasteiger partial charge on any atom is 0.246 e. The Morgan fingerprint density at radius 3 is 2.86 bits per heavy atom. The summed E-state index contributed by atoms with van der Waals surface area (Å²) >= 11 is 6.16. The summed E-state index contributed by atoms with van der Waals surface area (Å²) in [6.07, 6.45) is 5.44. The van der Waals surface area contributed by atoms with Crippen LogP contribution in [0.4, 0.5) is 0 Å². The van der Waals surface area contributed by atoms with Crippen LogP contribution in [0.3, 0.4) is 0 Å². The molecule has 0 spiro atoms. The van der Waals surface area contributed by atoms with Crippen LogP contribution in [0.2, 0.25) is 5.15 Å². The topological polar surface area (TPSA) is 64.2 Å². The average Bonchev–Trinajstić information content (AvgIpc) is 2.70. The lowest BCUT2D eigenvalue weighted by Crippen LogP contribution is -2.44. The van der Waals surface area contributed by atoms with Gasteiger partial charge in [0.2, 0.25) is 5.91 Å². The second kappa shape index (κ2) is 6.62. The van der Waals surface area contributed by atoms with Crippen molar-refractivity contribution in [2.24, 2.45) is 18.7 Å². The van der Waals surface area contributed by atoms with E-state index in [0.29, 0.717) is 11.1 Å². The number of halogens is 1. The number of rotatable bonds is 3. The van der Waals surface area contributed by atoms with Crippen LogP contribution < -0.4 is 5.73 Å². The van der Waals surface area contributed by atoms with E-state index >= 15 is 0 Å². The van der Waals surface area contributed by atoms with Gasteiger partial charge in [-0.15, -0.1) is 0 Å². The molecule has 1 amide bonds. The van der Waals surface area contributed by atoms with Crippen LogP contribution in [0, 0.1) is 12.8 Å². The lowest BCUT2D eigenvalue weighted by atomic mass is 9.92. The smallest absolute Gasteiger partial charge is 0.246 e. The summed E-state index contributed by atoms with van der Waals surface area (Å²) in [6.45, 7) is 5.42. The Morgan fingerprint density at radius 1 is 1.57 bits per heavy atom. The summed E-state index contributed by atoms with van der Waals surface area (Å²) in [6, 6.07) is 0.125. The number of aromatic nitrogens is 2. The highest BCUT2D eigenvalue weighted by molar-refractivity contribution is 6.31. The molecule has 0 saturated carbocycles. The first-order valence-corrected chi connectivity index (χ1v) is 7.69. The third-order valence-corrected chi connectivity index (χ3v) is 4.55. The van der Waals surface area contributed by atoms with Crippen LogP contribution in [0.15, 0.2) is 6.08 Å². The van der Waals surface area contributed by atoms with Gasteiger partial charge in [-0.3, -0.25) is 9.48 Å². The molecular formula is C15H23ClN4O. The molecule has 0 bridgehead atoms. The highest BCUT2D eigenvalue weighted by Gasteiger charge is 2.24. The van der Waals surface area contributed by atoms with Gasteiger partial charge in [0.15, 0.2) is 0 Å². The molecule has 1 aromatic rings. The van der Waals surface area contributed by atoms with Crippen LogP contribution in [0.25, 0.3) is 6.08 Å². The van der Waals surface area contributed by atoms with E-state index in [2.05, 4.69) is 5.10 Å². The fourth-order valence-electron chi connectivity index (χ4n) is 2.74. The van der Waals surface area contributed by atoms with Gasteiger partial charge in [0, 0.05) is 37.8 Å². The van der Waals surface area contributed by atoms with Crippen LogP contribution in [0.1, 0.15) is 31.0 Å². The second-order valence-electron chi connectivity index (χ2n) is 5.79. The average molecular weight is 311 g/mol. The molecule has 2 atom stereocenters. The highest BCUT2D eigenvalue weighted by Crippen LogP contribution is 2.21. The summed E-state index contributed by atoms with van der Waals surface area (Å²) in [7, 11) is 1.78. The Labute approximate surface area is 130 Å². The van der Waals surface area contributed by atoms with Crippen molar-refractivity contribution in [3.8, 4) is 0 Å². The Bertz CT molecular complexity index is 550. The third kappa shape index (κ3) is 3.66. The number of carbonyl (C=O) groups is 1. The van der Waals surface area contributed by atoms with E-state index in [1.807, 2.05) is 18.7 Å². The van der Waals surface area contributed by atoms with E-state index in [4.69, 9.17) is 17.3 Å². The molecule has 0 aliphatic carbocycles. The van der Waals surface area contributed by atoms with E-state index in [-0.39, 0.29) is 11.9 Å². The van der Waals surface area contributed by atoms with Crippen molar-refractivity contribution in [3.63, 3.8) is 0 Å². The summed E-state index contributed by atoms with van der Waals surface area (Å²) in [5, 5.41) is 4.77. The van der Waals surface area contributed by atoms with Gasteiger partial charge in [-0.05, 0) is 38.7 Å². The molecule has 0 radical (unpaired) electrons. The zero-order valence-corrected chi connectivity index (χ0v) is 13.6. The SMILES string of the molecule is Cc1nn(C)c(Cl)c1C=CC(=O)N1CCCC(C(C)N)C1. The number of amides is 1. The number of hydrogen-bond acceptors (Lipinski definition) is 3. The third-order valence-electron chi connectivity index (χ3n) is 4.10. The Morgan fingerprint density at radius 2 is 2.29 bits per heavy atom. The van der Waals surface area contributed by atoms with Crippen LogP contribution >= 0.6 is 11.6 Å². The number of hydrogen-bond donors (Lipinski definition) is 1. The largest absolute Gasteiger partial charge is 0.339 e. The van der Waals surface area contributed by atoms with Crippen LogP contribution in [0.5, 0.6) is 0 Å². The van der Waals surface area contributed by atoms with Crippen LogP contribution in [-0.4, -0.2) is 39.7 Å². The maximum atomic E-state index is 12.3. The van der Waals surface area contributed by atoms with Crippen molar-refractivity contribution >= 4 is 23.6 Å². The minimum absolute atomic E-state index is 0.0136. The number of likely N-dealkylation sites (tertiary alicyclic amines) is 1. The van der Waals surface area contributed by atoms with Gasteiger partial charge >= 0.3 is 0 Å². The van der Waals surface area contributed by atoms with E-state index in [0.717, 1.165) is 37.2 Å². The summed E-state index contributed by atoms with van der Waals surface area (Å²) in [4.78, 5) is 14.2. The van der Waals surface area contributed by atoms with Gasteiger partial charge in [-0.1, -0.05) is 11.6 Å². The minimum Gasteiger partial charge on any atom is -0.339 e. The van der Waals surface area contributed by atoms with E-state index in [1.165, 1.54) is 0 Å². The minimum atomic E-state index is 0.0136. The lowest BCUT2D eigenvalue weighted by Gasteiger charge is -2.34. The maximum absolute atomic E-state index is 12.3. The molecule has 2 heterocycles. The van der Waals surface area contributed by atoms with Crippen molar-refractivity contribution in [2.75, 3.05) is 13.1 Å². The number of carbonyl (C=O) groups excluding carboxylic acids is 1. The molecule has 5 nitrogen and oxygen atoms in total. The molecule has 21 heavy (non-hydrogen) atoms. The molecule has 116 valence electrons. The fourth-order valence-corrected chi connectivity index (χ4v) is 2.97.